The molecule has 3 rings (SSSR count). The SMILES string of the molecule is Cc1oc2nc[nH]c(=O)c2c1C(=O)N1CC(C)CC(C)C1. The molecule has 0 aromatic carbocycles. The third kappa shape index (κ3) is 2.34. The number of carbonyl (C=O) groups excluding carboxylic acids is 1. The average molecular weight is 289 g/mol. The van der Waals surface area contributed by atoms with Crippen LogP contribution in [0.2, 0.25) is 0 Å². The van der Waals surface area contributed by atoms with Crippen LogP contribution in [0.3, 0.4) is 0 Å². The predicted molar refractivity (Wildman–Crippen MR) is 78.2 cm³/mol. The lowest BCUT2D eigenvalue weighted by Gasteiger charge is -2.34. The predicted octanol–water partition coefficient (Wildman–Crippen LogP) is 1.94. The van der Waals surface area contributed by atoms with Gasteiger partial charge in [-0.15, -0.1) is 0 Å². The molecule has 3 heterocycles. The largest absolute Gasteiger partial charge is 0.442 e. The van der Waals surface area contributed by atoms with Gasteiger partial charge in [0.15, 0.2) is 0 Å². The van der Waals surface area contributed by atoms with E-state index >= 15 is 0 Å². The maximum absolute atomic E-state index is 12.8. The van der Waals surface area contributed by atoms with Gasteiger partial charge in [0.25, 0.3) is 11.5 Å². The number of fused-ring (bicyclic) bond motifs is 1. The number of furan rings is 1. The maximum Gasteiger partial charge on any atom is 0.262 e. The summed E-state index contributed by atoms with van der Waals surface area (Å²) in [5.74, 6) is 1.24. The Balaban J connectivity index is 2.06. The summed E-state index contributed by atoms with van der Waals surface area (Å²) < 4.78 is 5.47. The summed E-state index contributed by atoms with van der Waals surface area (Å²) >= 11 is 0. The molecular formula is C15H19N3O3. The second kappa shape index (κ2) is 5.02. The molecule has 6 nitrogen and oxygen atoms in total. The maximum atomic E-state index is 12.8. The van der Waals surface area contributed by atoms with Gasteiger partial charge in [-0.25, -0.2) is 4.98 Å². The molecular weight excluding hydrogens is 270 g/mol. The van der Waals surface area contributed by atoms with Crippen LogP contribution in [0.5, 0.6) is 0 Å². The van der Waals surface area contributed by atoms with Crippen LogP contribution in [0.4, 0.5) is 0 Å². The molecule has 0 radical (unpaired) electrons. The number of amides is 1. The van der Waals surface area contributed by atoms with Gasteiger partial charge in [0.1, 0.15) is 11.1 Å². The highest BCUT2D eigenvalue weighted by atomic mass is 16.3. The molecule has 6 heteroatoms. The number of rotatable bonds is 1. The minimum absolute atomic E-state index is 0.136. The average Bonchev–Trinajstić information content (AvgIpc) is 2.74. The molecule has 1 amide bonds. The number of likely N-dealkylation sites (tertiary alicyclic amines) is 1. The van der Waals surface area contributed by atoms with Crippen molar-refractivity contribution in [2.75, 3.05) is 13.1 Å². The van der Waals surface area contributed by atoms with Gasteiger partial charge in [0, 0.05) is 13.1 Å². The number of nitrogens with one attached hydrogen (secondary N) is 1. The van der Waals surface area contributed by atoms with Gasteiger partial charge in [-0.05, 0) is 25.2 Å². The standard InChI is InChI=1S/C15H19N3O3/c1-8-4-9(2)6-18(5-8)15(20)11-10(3)21-14-12(11)13(19)16-7-17-14/h7-9H,4-6H2,1-3H3,(H,16,17,19). The van der Waals surface area contributed by atoms with Crippen LogP contribution in [0.25, 0.3) is 11.1 Å². The number of H-pyrrole nitrogens is 1. The fraction of sp³-hybridized carbons (Fsp3) is 0.533. The van der Waals surface area contributed by atoms with Crippen LogP contribution in [-0.2, 0) is 0 Å². The molecule has 1 fully saturated rings. The van der Waals surface area contributed by atoms with Crippen LogP contribution in [0, 0.1) is 18.8 Å². The molecule has 21 heavy (non-hydrogen) atoms. The van der Waals surface area contributed by atoms with E-state index in [1.807, 2.05) is 4.90 Å². The molecule has 1 aliphatic heterocycles. The normalized spacial score (nSPS) is 22.7. The van der Waals surface area contributed by atoms with Crippen molar-refractivity contribution in [3.8, 4) is 0 Å². The zero-order chi connectivity index (χ0) is 15.1. The van der Waals surface area contributed by atoms with Crippen LogP contribution in [-0.4, -0.2) is 33.9 Å². The minimum atomic E-state index is -0.335. The van der Waals surface area contributed by atoms with Gasteiger partial charge in [-0.3, -0.25) is 9.59 Å². The molecule has 2 aromatic heterocycles. The second-order valence-corrected chi connectivity index (χ2v) is 6.10. The van der Waals surface area contributed by atoms with Gasteiger partial charge in [0.2, 0.25) is 5.71 Å². The zero-order valence-corrected chi connectivity index (χ0v) is 12.5. The van der Waals surface area contributed by atoms with Crippen molar-refractivity contribution in [2.24, 2.45) is 11.8 Å². The number of hydrogen-bond donors (Lipinski definition) is 1. The Morgan fingerprint density at radius 1 is 1.38 bits per heavy atom. The third-order valence-electron chi connectivity index (χ3n) is 4.04. The molecule has 0 saturated carbocycles. The Kier molecular flexibility index (Phi) is 3.31. The van der Waals surface area contributed by atoms with E-state index in [-0.39, 0.29) is 22.6 Å². The molecule has 2 unspecified atom stereocenters. The van der Waals surface area contributed by atoms with Crippen molar-refractivity contribution in [3.63, 3.8) is 0 Å². The summed E-state index contributed by atoms with van der Waals surface area (Å²) in [5, 5.41) is 0.255. The highest BCUT2D eigenvalue weighted by Gasteiger charge is 2.30. The lowest BCUT2D eigenvalue weighted by Crippen LogP contribution is -2.42. The smallest absolute Gasteiger partial charge is 0.262 e. The quantitative estimate of drug-likeness (QED) is 0.870. The zero-order valence-electron chi connectivity index (χ0n) is 12.5. The number of aromatic nitrogens is 2. The number of aromatic amines is 1. The van der Waals surface area contributed by atoms with Crippen molar-refractivity contribution in [2.45, 2.75) is 27.2 Å². The van der Waals surface area contributed by atoms with Crippen LogP contribution in [0.15, 0.2) is 15.5 Å². The van der Waals surface area contributed by atoms with Crippen LogP contribution >= 0.6 is 0 Å². The first-order valence-electron chi connectivity index (χ1n) is 7.23. The first-order valence-corrected chi connectivity index (χ1v) is 7.23. The molecule has 1 saturated heterocycles. The molecule has 1 aliphatic rings. The van der Waals surface area contributed by atoms with E-state index in [1.165, 1.54) is 6.33 Å². The second-order valence-electron chi connectivity index (χ2n) is 6.10. The Labute approximate surface area is 122 Å². The monoisotopic (exact) mass is 289 g/mol. The molecule has 0 bridgehead atoms. The van der Waals surface area contributed by atoms with Crippen LogP contribution < -0.4 is 5.56 Å². The van der Waals surface area contributed by atoms with Crippen molar-refractivity contribution in [3.05, 3.63) is 28.0 Å². The van der Waals surface area contributed by atoms with Crippen molar-refractivity contribution in [1.29, 1.82) is 0 Å². The molecule has 1 N–H and O–H groups in total. The first-order chi connectivity index (χ1) is 9.97. The van der Waals surface area contributed by atoms with E-state index in [4.69, 9.17) is 4.42 Å². The summed E-state index contributed by atoms with van der Waals surface area (Å²) in [6, 6.07) is 0. The number of carbonyl (C=O) groups is 1. The summed E-state index contributed by atoms with van der Waals surface area (Å²) in [7, 11) is 0. The van der Waals surface area contributed by atoms with Crippen molar-refractivity contribution < 1.29 is 9.21 Å². The fourth-order valence-corrected chi connectivity index (χ4v) is 3.30. The Morgan fingerprint density at radius 3 is 2.71 bits per heavy atom. The third-order valence-corrected chi connectivity index (χ3v) is 4.04. The van der Waals surface area contributed by atoms with E-state index < -0.39 is 0 Å². The molecule has 0 spiro atoms. The molecule has 2 aromatic rings. The first kappa shape index (κ1) is 13.9. The topological polar surface area (TPSA) is 79.2 Å². The van der Waals surface area contributed by atoms with E-state index in [2.05, 4.69) is 23.8 Å². The summed E-state index contributed by atoms with van der Waals surface area (Å²) in [6.07, 6.45) is 2.41. The van der Waals surface area contributed by atoms with Crippen LogP contribution in [0.1, 0.15) is 36.4 Å². The number of hydrogen-bond acceptors (Lipinski definition) is 4. The van der Waals surface area contributed by atoms with Crippen molar-refractivity contribution in [1.82, 2.24) is 14.9 Å². The molecule has 112 valence electrons. The minimum Gasteiger partial charge on any atom is -0.442 e. The van der Waals surface area contributed by atoms with E-state index in [1.54, 1.807) is 6.92 Å². The van der Waals surface area contributed by atoms with Gasteiger partial charge in [-0.2, -0.15) is 0 Å². The van der Waals surface area contributed by atoms with Gasteiger partial charge in [-0.1, -0.05) is 13.8 Å². The summed E-state index contributed by atoms with van der Waals surface area (Å²) in [6.45, 7) is 7.42. The lowest BCUT2D eigenvalue weighted by atomic mass is 9.91. The Morgan fingerprint density at radius 2 is 2.05 bits per heavy atom. The van der Waals surface area contributed by atoms with Gasteiger partial charge < -0.3 is 14.3 Å². The molecule has 0 aliphatic carbocycles. The molecule has 2 atom stereocenters. The highest BCUT2D eigenvalue weighted by molar-refractivity contribution is 6.06. The summed E-state index contributed by atoms with van der Waals surface area (Å²) in [5.41, 5.74) is 0.233. The fourth-order valence-electron chi connectivity index (χ4n) is 3.30. The number of piperidine rings is 1. The number of aryl methyl sites for hydroxylation is 1. The van der Waals surface area contributed by atoms with Crippen molar-refractivity contribution >= 4 is 17.0 Å². The summed E-state index contributed by atoms with van der Waals surface area (Å²) in [4.78, 5) is 33.1. The highest BCUT2D eigenvalue weighted by Crippen LogP contribution is 2.26. The Hall–Kier alpha value is -2.11. The number of nitrogens with zero attached hydrogens (tertiary/aromatic N) is 2. The van der Waals surface area contributed by atoms with Gasteiger partial charge in [0.05, 0.1) is 11.9 Å². The lowest BCUT2D eigenvalue weighted by molar-refractivity contribution is 0.0623. The van der Waals surface area contributed by atoms with Gasteiger partial charge >= 0.3 is 0 Å². The van der Waals surface area contributed by atoms with E-state index in [0.29, 0.717) is 36.2 Å². The Bertz CT molecular complexity index is 736. The van der Waals surface area contributed by atoms with E-state index in [9.17, 15) is 9.59 Å². The van der Waals surface area contributed by atoms with E-state index in [0.717, 1.165) is 6.42 Å².